The molecule has 11 nitrogen and oxygen atoms in total. The van der Waals surface area contributed by atoms with E-state index in [0.717, 1.165) is 16.6 Å². The van der Waals surface area contributed by atoms with Crippen LogP contribution in [0.4, 0.5) is 11.5 Å². The van der Waals surface area contributed by atoms with Gasteiger partial charge in [0, 0.05) is 30.6 Å². The number of aromatic nitrogens is 7. The maximum Gasteiger partial charge on any atom is 0.248 e. The van der Waals surface area contributed by atoms with Crippen molar-refractivity contribution in [3.05, 3.63) is 66.7 Å². The number of hydrogen-bond acceptors (Lipinski definition) is 10. The fourth-order valence-electron chi connectivity index (χ4n) is 3.38. The van der Waals surface area contributed by atoms with E-state index in [1.807, 2.05) is 36.4 Å². The van der Waals surface area contributed by atoms with E-state index in [2.05, 4.69) is 25.4 Å². The summed E-state index contributed by atoms with van der Waals surface area (Å²) in [6.45, 7) is 0.580. The molecule has 11 heteroatoms. The number of nitrogens with one attached hydrogen (secondary N) is 1. The predicted octanol–water partition coefficient (Wildman–Crippen LogP) is 3.22. The molecule has 1 N–H and O–H groups in total. The number of rotatable bonds is 8. The Morgan fingerprint density at radius 1 is 1.06 bits per heavy atom. The number of fused-ring (bicyclic) bond motifs is 1. The highest BCUT2D eigenvalue weighted by molar-refractivity contribution is 5.92. The van der Waals surface area contributed by atoms with Gasteiger partial charge in [-0.25, -0.2) is 9.97 Å². The van der Waals surface area contributed by atoms with Gasteiger partial charge in [-0.15, -0.1) is 0 Å². The Labute approximate surface area is 188 Å². The molecule has 0 unspecified atom stereocenters. The summed E-state index contributed by atoms with van der Waals surface area (Å²) < 4.78 is 17.6. The van der Waals surface area contributed by atoms with Gasteiger partial charge >= 0.3 is 0 Å². The van der Waals surface area contributed by atoms with E-state index in [9.17, 15) is 0 Å². The van der Waals surface area contributed by atoms with Crippen LogP contribution in [-0.4, -0.2) is 49.1 Å². The number of anilines is 2. The lowest BCUT2D eigenvalue weighted by atomic mass is 10.2. The Balaban J connectivity index is 1.53. The molecule has 0 aliphatic carbocycles. The van der Waals surface area contributed by atoms with Crippen molar-refractivity contribution in [1.29, 1.82) is 0 Å². The maximum absolute atomic E-state index is 5.44. The third-order valence-corrected chi connectivity index (χ3v) is 4.86. The number of pyridine rings is 1. The minimum Gasteiger partial charge on any atom is -0.491 e. The zero-order valence-electron chi connectivity index (χ0n) is 18.0. The van der Waals surface area contributed by atoms with Crippen LogP contribution in [0, 0.1) is 0 Å². The molecule has 4 aromatic heterocycles. The molecule has 4 heterocycles. The second kappa shape index (κ2) is 9.01. The minimum absolute atomic E-state index is 0.279. The molecule has 0 fully saturated rings. The molecule has 0 radical (unpaired) electrons. The molecule has 166 valence electrons. The van der Waals surface area contributed by atoms with Gasteiger partial charge in [0.25, 0.3) is 0 Å². The van der Waals surface area contributed by atoms with Gasteiger partial charge < -0.3 is 19.3 Å². The Morgan fingerprint density at radius 3 is 2.73 bits per heavy atom. The van der Waals surface area contributed by atoms with Crippen LogP contribution in [-0.2, 0) is 17.9 Å². The van der Waals surface area contributed by atoms with E-state index in [1.165, 1.54) is 0 Å². The summed E-state index contributed by atoms with van der Waals surface area (Å²) in [6, 6.07) is 11.5. The Kier molecular flexibility index (Phi) is 5.60. The van der Waals surface area contributed by atoms with Crippen molar-refractivity contribution in [1.82, 2.24) is 34.9 Å². The zero-order valence-corrected chi connectivity index (χ0v) is 18.0. The first-order valence-corrected chi connectivity index (χ1v) is 10.1. The first kappa shape index (κ1) is 20.5. The predicted molar refractivity (Wildman–Crippen MR) is 119 cm³/mol. The monoisotopic (exact) mass is 444 g/mol. The number of para-hydroxylation sites is 1. The van der Waals surface area contributed by atoms with E-state index < -0.39 is 0 Å². The normalized spacial score (nSPS) is 11.1. The highest BCUT2D eigenvalue weighted by Crippen LogP contribution is 2.30. The van der Waals surface area contributed by atoms with Crippen molar-refractivity contribution in [3.8, 4) is 17.3 Å². The lowest BCUT2D eigenvalue weighted by molar-refractivity contribution is 0.174. The standard InChI is InChI=1S/C22H20N8O3/c1-31-13-18-26-19(33-29-18)12-30-16-6-4-3-5-15(16)20(28-30)22-24-11-17(32-2)21(27-22)25-14-7-9-23-10-8-14/h3-11H,12-13H2,1-2H3,(H,23,24,25,27). The van der Waals surface area contributed by atoms with E-state index in [0.29, 0.717) is 41.3 Å². The SMILES string of the molecule is COCc1noc(Cn2nc(-c3ncc(OC)c(Nc4ccncc4)n3)c3ccccc32)n1. The van der Waals surface area contributed by atoms with Crippen LogP contribution in [0.2, 0.25) is 0 Å². The number of ether oxygens (including phenoxy) is 2. The molecular formula is C22H20N8O3. The second-order valence-electron chi connectivity index (χ2n) is 7.03. The Hall–Kier alpha value is -4.38. The topological polar surface area (TPSA) is 126 Å². The highest BCUT2D eigenvalue weighted by Gasteiger charge is 2.18. The summed E-state index contributed by atoms with van der Waals surface area (Å²) in [6.07, 6.45) is 5.01. The molecule has 5 rings (SSSR count). The number of hydrogen-bond donors (Lipinski definition) is 1. The van der Waals surface area contributed by atoms with Gasteiger partial charge in [-0.3, -0.25) is 9.67 Å². The highest BCUT2D eigenvalue weighted by atomic mass is 16.5. The average molecular weight is 444 g/mol. The van der Waals surface area contributed by atoms with Gasteiger partial charge in [-0.1, -0.05) is 23.4 Å². The quantitative estimate of drug-likeness (QED) is 0.381. The van der Waals surface area contributed by atoms with Crippen molar-refractivity contribution in [2.45, 2.75) is 13.2 Å². The number of methoxy groups -OCH3 is 2. The van der Waals surface area contributed by atoms with Gasteiger partial charge in [0.1, 0.15) is 18.8 Å². The van der Waals surface area contributed by atoms with Crippen LogP contribution in [0.3, 0.4) is 0 Å². The van der Waals surface area contributed by atoms with Gasteiger partial charge in [0.2, 0.25) is 5.89 Å². The lowest BCUT2D eigenvalue weighted by Crippen LogP contribution is -2.04. The fourth-order valence-corrected chi connectivity index (χ4v) is 3.38. The molecule has 0 aliphatic rings. The molecule has 5 aromatic rings. The van der Waals surface area contributed by atoms with Crippen molar-refractivity contribution in [2.75, 3.05) is 19.5 Å². The van der Waals surface area contributed by atoms with Crippen molar-refractivity contribution in [2.24, 2.45) is 0 Å². The van der Waals surface area contributed by atoms with E-state index in [1.54, 1.807) is 37.5 Å². The number of benzene rings is 1. The van der Waals surface area contributed by atoms with Crippen LogP contribution in [0.15, 0.2) is 59.5 Å². The van der Waals surface area contributed by atoms with Crippen LogP contribution in [0.25, 0.3) is 22.4 Å². The third-order valence-electron chi connectivity index (χ3n) is 4.86. The first-order valence-electron chi connectivity index (χ1n) is 10.1. The number of nitrogens with zero attached hydrogens (tertiary/aromatic N) is 7. The summed E-state index contributed by atoms with van der Waals surface area (Å²) in [5.41, 5.74) is 2.34. The fraction of sp³-hybridized carbons (Fsp3) is 0.182. The molecular weight excluding hydrogens is 424 g/mol. The first-order chi connectivity index (χ1) is 16.2. The summed E-state index contributed by atoms with van der Waals surface area (Å²) in [5.74, 6) is 2.39. The van der Waals surface area contributed by atoms with Crippen LogP contribution >= 0.6 is 0 Å². The molecule has 0 spiro atoms. The molecule has 0 aliphatic heterocycles. The van der Waals surface area contributed by atoms with Gasteiger partial charge in [0.05, 0.1) is 18.8 Å². The lowest BCUT2D eigenvalue weighted by Gasteiger charge is -2.10. The third kappa shape index (κ3) is 4.21. The minimum atomic E-state index is 0.279. The molecule has 0 atom stereocenters. The van der Waals surface area contributed by atoms with Crippen molar-refractivity contribution >= 4 is 22.4 Å². The smallest absolute Gasteiger partial charge is 0.248 e. The molecule has 0 bridgehead atoms. The van der Waals surface area contributed by atoms with Crippen LogP contribution in [0.5, 0.6) is 5.75 Å². The summed E-state index contributed by atoms with van der Waals surface area (Å²) >= 11 is 0. The molecule has 1 aromatic carbocycles. The van der Waals surface area contributed by atoms with Crippen LogP contribution in [0.1, 0.15) is 11.7 Å². The molecule has 33 heavy (non-hydrogen) atoms. The average Bonchev–Trinajstić information content (AvgIpc) is 3.45. The molecule has 0 saturated heterocycles. The van der Waals surface area contributed by atoms with E-state index in [4.69, 9.17) is 24.1 Å². The summed E-state index contributed by atoms with van der Waals surface area (Å²) in [5, 5.41) is 12.8. The Morgan fingerprint density at radius 2 is 1.91 bits per heavy atom. The van der Waals surface area contributed by atoms with Gasteiger partial charge in [0.15, 0.2) is 23.2 Å². The van der Waals surface area contributed by atoms with Gasteiger partial charge in [-0.2, -0.15) is 10.1 Å². The second-order valence-corrected chi connectivity index (χ2v) is 7.03. The van der Waals surface area contributed by atoms with Crippen LogP contribution < -0.4 is 10.1 Å². The van der Waals surface area contributed by atoms with E-state index in [-0.39, 0.29) is 6.61 Å². The summed E-state index contributed by atoms with van der Waals surface area (Å²) in [4.78, 5) is 17.6. The maximum atomic E-state index is 5.44. The van der Waals surface area contributed by atoms with Gasteiger partial charge in [-0.05, 0) is 18.2 Å². The summed E-state index contributed by atoms with van der Waals surface area (Å²) in [7, 11) is 3.15. The van der Waals surface area contributed by atoms with Crippen molar-refractivity contribution < 1.29 is 14.0 Å². The Bertz CT molecular complexity index is 1380. The molecule has 0 saturated carbocycles. The molecule has 0 amide bonds. The largest absolute Gasteiger partial charge is 0.491 e. The zero-order chi connectivity index (χ0) is 22.6. The van der Waals surface area contributed by atoms with E-state index >= 15 is 0 Å². The van der Waals surface area contributed by atoms with Crippen molar-refractivity contribution in [3.63, 3.8) is 0 Å².